The van der Waals surface area contributed by atoms with E-state index < -0.39 is 0 Å². The van der Waals surface area contributed by atoms with Gasteiger partial charge in [-0.1, -0.05) is 73.4 Å². The zero-order valence-electron chi connectivity index (χ0n) is 29.0. The Bertz CT molecular complexity index is 2050. The van der Waals surface area contributed by atoms with E-state index in [9.17, 15) is 9.90 Å². The molecular formula is C40H46IrNO2S3-. The number of pyridine rings is 1. The molecule has 4 aromatic heterocycles. The molecule has 47 heavy (non-hydrogen) atoms. The maximum absolute atomic E-state index is 12.2. The summed E-state index contributed by atoms with van der Waals surface area (Å²) in [6.07, 6.45) is 6.70. The Labute approximate surface area is 305 Å². The summed E-state index contributed by atoms with van der Waals surface area (Å²) in [5.41, 5.74) is 2.99. The molecule has 251 valence electrons. The fourth-order valence-electron chi connectivity index (χ4n) is 5.73. The Balaban J connectivity index is 0.000000242. The van der Waals surface area contributed by atoms with Crippen molar-refractivity contribution < 1.29 is 30.0 Å². The van der Waals surface area contributed by atoms with Crippen LogP contribution in [0.25, 0.3) is 51.6 Å². The van der Waals surface area contributed by atoms with Crippen LogP contribution in [0.15, 0.2) is 65.2 Å². The van der Waals surface area contributed by atoms with Crippen LogP contribution in [0.1, 0.15) is 93.6 Å². The zero-order valence-corrected chi connectivity index (χ0v) is 33.8. The second-order valence-electron chi connectivity index (χ2n) is 13.9. The van der Waals surface area contributed by atoms with Crippen LogP contribution in [0.2, 0.25) is 0 Å². The normalized spacial score (nSPS) is 12.8. The van der Waals surface area contributed by atoms with Gasteiger partial charge in [0, 0.05) is 68.4 Å². The van der Waals surface area contributed by atoms with Crippen LogP contribution in [-0.4, -0.2) is 15.9 Å². The third kappa shape index (κ3) is 7.31. The standard InChI is InChI=1S/C25H18NS3.C15H28O2.Ir/c1-25(2,3)19-12-16(10-15-6-9-28-23(15)19)22-24-17(4-7-26-22)18-11-14-5-8-27-20(14)13-21(18)29-24;1-7-14(5,8-2)12(16)11-13(17)15(6,9-3)10-4;/h4-9,11-13H,1-3H3;11,16H,7-10H2,1-6H3;/q-1;;/b;12-11-;. The minimum Gasteiger partial charge on any atom is -0.512 e. The molecule has 0 atom stereocenters. The zero-order chi connectivity index (χ0) is 33.4. The number of allylic oxidation sites excluding steroid dienone is 2. The second-order valence-corrected chi connectivity index (χ2v) is 16.8. The quantitative estimate of drug-likeness (QED) is 0.0942. The van der Waals surface area contributed by atoms with Gasteiger partial charge in [0.2, 0.25) is 0 Å². The number of hydrogen-bond donors (Lipinski definition) is 1. The summed E-state index contributed by atoms with van der Waals surface area (Å²) in [6.45, 7) is 18.9. The van der Waals surface area contributed by atoms with Crippen molar-refractivity contribution in [2.24, 2.45) is 10.8 Å². The van der Waals surface area contributed by atoms with Crippen molar-refractivity contribution in [3.63, 3.8) is 0 Å². The van der Waals surface area contributed by atoms with E-state index in [1.807, 2.05) is 59.1 Å². The molecule has 4 heterocycles. The Hall–Kier alpha value is -2.41. The van der Waals surface area contributed by atoms with Gasteiger partial charge in [0.05, 0.1) is 0 Å². The molecule has 2 aromatic carbocycles. The monoisotopic (exact) mass is 861 g/mol. The summed E-state index contributed by atoms with van der Waals surface area (Å²) in [6, 6.07) is 17.2. The van der Waals surface area contributed by atoms with Gasteiger partial charge >= 0.3 is 0 Å². The van der Waals surface area contributed by atoms with Crippen LogP contribution < -0.4 is 0 Å². The molecule has 6 aromatic rings. The number of carbonyl (C=O) groups excluding carboxylic acids is 1. The number of nitrogens with zero attached hydrogens (tertiary/aromatic N) is 1. The van der Waals surface area contributed by atoms with Crippen LogP contribution >= 0.6 is 34.0 Å². The maximum Gasteiger partial charge on any atom is 0.164 e. The molecule has 0 amide bonds. The maximum atomic E-state index is 12.2. The topological polar surface area (TPSA) is 50.2 Å². The Morgan fingerprint density at radius 3 is 2.13 bits per heavy atom. The van der Waals surface area contributed by atoms with Crippen molar-refractivity contribution >= 4 is 80.1 Å². The number of fused-ring (bicyclic) bond motifs is 5. The van der Waals surface area contributed by atoms with E-state index in [0.29, 0.717) is 0 Å². The summed E-state index contributed by atoms with van der Waals surface area (Å²) in [5.74, 6) is 0.286. The van der Waals surface area contributed by atoms with E-state index in [1.54, 1.807) is 22.7 Å². The van der Waals surface area contributed by atoms with Crippen LogP contribution in [-0.2, 0) is 30.3 Å². The van der Waals surface area contributed by atoms with E-state index in [0.717, 1.165) is 36.9 Å². The van der Waals surface area contributed by atoms with Gasteiger partial charge in [-0.05, 0) is 81.6 Å². The molecule has 0 saturated carbocycles. The number of rotatable bonds is 8. The van der Waals surface area contributed by atoms with Crippen molar-refractivity contribution in [3.8, 4) is 11.3 Å². The first-order valence-corrected chi connectivity index (χ1v) is 18.9. The van der Waals surface area contributed by atoms with E-state index in [2.05, 4.69) is 74.0 Å². The number of hydrogen-bond acceptors (Lipinski definition) is 6. The third-order valence-corrected chi connectivity index (χ3v) is 13.1. The first-order valence-electron chi connectivity index (χ1n) is 16.4. The van der Waals surface area contributed by atoms with Crippen molar-refractivity contribution in [2.45, 2.75) is 93.4 Å². The number of benzene rings is 2. The number of carbonyl (C=O) groups is 1. The molecule has 0 spiro atoms. The van der Waals surface area contributed by atoms with Crippen LogP contribution in [0.3, 0.4) is 0 Å². The van der Waals surface area contributed by atoms with E-state index in [4.69, 9.17) is 4.98 Å². The molecule has 3 nitrogen and oxygen atoms in total. The molecule has 1 N–H and O–H groups in total. The largest absolute Gasteiger partial charge is 0.512 e. The van der Waals surface area contributed by atoms with Crippen molar-refractivity contribution in [2.75, 3.05) is 0 Å². The number of aliphatic hydroxyl groups is 1. The van der Waals surface area contributed by atoms with E-state index in [-0.39, 0.29) is 47.9 Å². The predicted octanol–water partition coefficient (Wildman–Crippen LogP) is 13.3. The molecule has 0 unspecified atom stereocenters. The molecule has 0 aliphatic heterocycles. The third-order valence-electron chi connectivity index (χ3n) is 10.1. The van der Waals surface area contributed by atoms with Gasteiger partial charge < -0.3 is 5.11 Å². The molecule has 0 fully saturated rings. The van der Waals surface area contributed by atoms with Gasteiger partial charge in [0.15, 0.2) is 5.78 Å². The van der Waals surface area contributed by atoms with Crippen LogP contribution in [0.5, 0.6) is 0 Å². The SMILES string of the molecule is CC(C)(C)c1cc(-c2nccc3c2sc2cc4sccc4cc23)[c-]c2ccsc12.CCC(C)(CC)C(=O)/C=C(\O)C(C)(CC)CC.[Ir]. The smallest absolute Gasteiger partial charge is 0.164 e. The molecule has 6 rings (SSSR count). The minimum absolute atomic E-state index is 0. The summed E-state index contributed by atoms with van der Waals surface area (Å²) < 4.78 is 5.27. The van der Waals surface area contributed by atoms with Gasteiger partial charge in [-0.15, -0.1) is 46.3 Å². The number of thiophene rings is 3. The molecular weight excluding hydrogens is 815 g/mol. The fourth-order valence-corrected chi connectivity index (χ4v) is 8.91. The molecule has 0 saturated heterocycles. The Morgan fingerprint density at radius 1 is 0.830 bits per heavy atom. The van der Waals surface area contributed by atoms with Crippen LogP contribution in [0.4, 0.5) is 0 Å². The average molecular weight is 861 g/mol. The molecule has 0 aliphatic carbocycles. The summed E-state index contributed by atoms with van der Waals surface area (Å²) in [7, 11) is 0. The van der Waals surface area contributed by atoms with Crippen molar-refractivity contribution in [1.82, 2.24) is 4.98 Å². The van der Waals surface area contributed by atoms with Crippen LogP contribution in [0, 0.1) is 16.9 Å². The predicted molar refractivity (Wildman–Crippen MR) is 204 cm³/mol. The van der Waals surface area contributed by atoms with E-state index in [1.165, 1.54) is 52.0 Å². The molecule has 1 radical (unpaired) electrons. The molecule has 0 bridgehead atoms. The second kappa shape index (κ2) is 14.6. The average Bonchev–Trinajstić information content (AvgIpc) is 3.80. The molecule has 0 aliphatic rings. The van der Waals surface area contributed by atoms with Gasteiger partial charge in [0.1, 0.15) is 5.76 Å². The first-order chi connectivity index (χ1) is 21.8. The fraction of sp³-hybridized carbons (Fsp3) is 0.400. The Kier molecular flexibility index (Phi) is 11.6. The Morgan fingerprint density at radius 2 is 1.49 bits per heavy atom. The van der Waals surface area contributed by atoms with Crippen molar-refractivity contribution in [1.29, 1.82) is 0 Å². The summed E-state index contributed by atoms with van der Waals surface area (Å²) >= 11 is 5.46. The number of aromatic nitrogens is 1. The van der Waals surface area contributed by atoms with E-state index >= 15 is 0 Å². The van der Waals surface area contributed by atoms with Crippen molar-refractivity contribution in [3.05, 3.63) is 76.8 Å². The van der Waals surface area contributed by atoms with Gasteiger partial charge in [-0.25, -0.2) is 0 Å². The molecule has 7 heteroatoms. The first kappa shape index (κ1) is 37.4. The van der Waals surface area contributed by atoms with Gasteiger partial charge in [0.25, 0.3) is 0 Å². The summed E-state index contributed by atoms with van der Waals surface area (Å²) in [5, 5.41) is 19.6. The van der Waals surface area contributed by atoms with Gasteiger partial charge in [-0.3, -0.25) is 9.78 Å². The summed E-state index contributed by atoms with van der Waals surface area (Å²) in [4.78, 5) is 17.0. The number of ketones is 1. The number of aliphatic hydroxyl groups excluding tert-OH is 1. The minimum atomic E-state index is -0.337. The van der Waals surface area contributed by atoms with Gasteiger partial charge in [-0.2, -0.15) is 11.3 Å².